The first kappa shape index (κ1) is 13.7. The van der Waals surface area contributed by atoms with Crippen LogP contribution in [0.15, 0.2) is 24.3 Å². The highest BCUT2D eigenvalue weighted by molar-refractivity contribution is 7.81. The first-order valence-electron chi connectivity index (χ1n) is 4.88. The predicted octanol–water partition coefficient (Wildman–Crippen LogP) is 1.22. The highest BCUT2D eigenvalue weighted by atomic mass is 32.3. The number of likely N-dealkylation sites (N-methyl/N-ethyl adjacent to an activating group) is 1. The van der Waals surface area contributed by atoms with E-state index in [0.717, 1.165) is 6.54 Å². The Morgan fingerprint density at radius 3 is 2.18 bits per heavy atom. The molecule has 0 heterocycles. The molecule has 0 aliphatic carbocycles. The van der Waals surface area contributed by atoms with Gasteiger partial charge in [-0.15, -0.1) is 0 Å². The molecule has 0 N–H and O–H groups in total. The molecule has 1 aromatic carbocycles. The zero-order valence-electron chi connectivity index (χ0n) is 9.59. The molecule has 1 rings (SSSR count). The summed E-state index contributed by atoms with van der Waals surface area (Å²) in [6.45, 7) is 1.27. The lowest BCUT2D eigenvalue weighted by Crippen LogP contribution is -2.19. The van der Waals surface area contributed by atoms with Gasteiger partial charge in [0.2, 0.25) is 0 Å². The minimum Gasteiger partial charge on any atom is -0.492 e. The average molecular weight is 263 g/mol. The summed E-state index contributed by atoms with van der Waals surface area (Å²) in [5.74, 6) is 0.475. The van der Waals surface area contributed by atoms with Gasteiger partial charge in [-0.05, 0) is 38.4 Å². The Balaban J connectivity index is 2.50. The molecule has 0 saturated carbocycles. The topological polar surface area (TPSA) is 55.8 Å². The number of hydrogen-bond donors (Lipinski definition) is 0. The van der Waals surface area contributed by atoms with Crippen LogP contribution in [-0.4, -0.2) is 40.6 Å². The maximum Gasteiger partial charge on any atom is 0.488 e. The van der Waals surface area contributed by atoms with Gasteiger partial charge in [0.1, 0.15) is 18.1 Å². The minimum absolute atomic E-state index is 0.0903. The smallest absolute Gasteiger partial charge is 0.488 e. The van der Waals surface area contributed by atoms with E-state index in [-0.39, 0.29) is 5.75 Å². The van der Waals surface area contributed by atoms with Crippen LogP contribution in [0.5, 0.6) is 11.5 Å². The van der Waals surface area contributed by atoms with E-state index in [2.05, 4.69) is 4.18 Å². The van der Waals surface area contributed by atoms with Crippen molar-refractivity contribution in [3.05, 3.63) is 24.3 Å². The second-order valence-electron chi connectivity index (χ2n) is 3.60. The van der Waals surface area contributed by atoms with Crippen LogP contribution in [0, 0.1) is 0 Å². The van der Waals surface area contributed by atoms with Crippen LogP contribution in [0.25, 0.3) is 0 Å². The third kappa shape index (κ3) is 6.08. The van der Waals surface area contributed by atoms with Crippen molar-refractivity contribution in [3.63, 3.8) is 0 Å². The molecule has 0 saturated heterocycles. The fourth-order valence-corrected chi connectivity index (χ4v) is 1.39. The van der Waals surface area contributed by atoms with E-state index in [0.29, 0.717) is 12.4 Å². The molecule has 0 aromatic heterocycles. The van der Waals surface area contributed by atoms with E-state index >= 15 is 0 Å². The zero-order valence-corrected chi connectivity index (χ0v) is 10.4. The van der Waals surface area contributed by atoms with Gasteiger partial charge in [0.25, 0.3) is 0 Å². The van der Waals surface area contributed by atoms with Gasteiger partial charge in [0.15, 0.2) is 0 Å². The van der Waals surface area contributed by atoms with Gasteiger partial charge in [-0.1, -0.05) is 3.89 Å². The first-order chi connectivity index (χ1) is 7.87. The van der Waals surface area contributed by atoms with E-state index < -0.39 is 10.5 Å². The molecule has 0 unspecified atom stereocenters. The number of benzene rings is 1. The second-order valence-corrected chi connectivity index (χ2v) is 4.55. The summed E-state index contributed by atoms with van der Waals surface area (Å²) in [5.41, 5.74) is 0. The van der Waals surface area contributed by atoms with Crippen molar-refractivity contribution < 1.29 is 21.2 Å². The van der Waals surface area contributed by atoms with Crippen LogP contribution in [0.1, 0.15) is 0 Å². The maximum absolute atomic E-state index is 12.2. The van der Waals surface area contributed by atoms with Crippen molar-refractivity contribution in [2.45, 2.75) is 0 Å². The Labute approximate surface area is 100 Å². The lowest BCUT2D eigenvalue weighted by Gasteiger charge is -2.11. The van der Waals surface area contributed by atoms with Crippen molar-refractivity contribution in [3.8, 4) is 11.5 Å². The Bertz CT molecular complexity index is 444. The van der Waals surface area contributed by atoms with Gasteiger partial charge >= 0.3 is 10.5 Å². The second kappa shape index (κ2) is 5.83. The molecule has 0 bridgehead atoms. The van der Waals surface area contributed by atoms with Crippen LogP contribution in [0.2, 0.25) is 0 Å². The molecule has 0 aliphatic heterocycles. The number of hydrogen-bond acceptors (Lipinski definition) is 5. The summed E-state index contributed by atoms with van der Waals surface area (Å²) in [6.07, 6.45) is 0. The van der Waals surface area contributed by atoms with Crippen LogP contribution >= 0.6 is 0 Å². The molecular formula is C10H14FNO4S. The van der Waals surface area contributed by atoms with Crippen molar-refractivity contribution in [2.75, 3.05) is 27.2 Å². The van der Waals surface area contributed by atoms with Gasteiger partial charge < -0.3 is 13.8 Å². The molecule has 5 nitrogen and oxygen atoms in total. The predicted molar refractivity (Wildman–Crippen MR) is 61.1 cm³/mol. The normalized spacial score (nSPS) is 11.5. The van der Waals surface area contributed by atoms with Crippen molar-refractivity contribution in [1.82, 2.24) is 4.90 Å². The summed E-state index contributed by atoms with van der Waals surface area (Å²) in [4.78, 5) is 1.97. The Kier molecular flexibility index (Phi) is 4.71. The molecule has 7 heteroatoms. The zero-order chi connectivity index (χ0) is 12.9. The molecule has 17 heavy (non-hydrogen) atoms. The molecule has 0 amide bonds. The van der Waals surface area contributed by atoms with E-state index in [4.69, 9.17) is 4.74 Å². The standard InChI is InChI=1S/C10H14FNO4S/c1-12(2)7-8-15-9-3-5-10(6-4-9)16-17(11,13)14/h3-6H,7-8H2,1-2H3. The van der Waals surface area contributed by atoms with Crippen LogP contribution < -0.4 is 8.92 Å². The van der Waals surface area contributed by atoms with Crippen LogP contribution in [0.4, 0.5) is 3.89 Å². The quantitative estimate of drug-likeness (QED) is 0.722. The van der Waals surface area contributed by atoms with Gasteiger partial charge in [-0.25, -0.2) is 0 Å². The summed E-state index contributed by atoms with van der Waals surface area (Å²) >= 11 is 0. The molecule has 0 aliphatic rings. The van der Waals surface area contributed by atoms with Crippen molar-refractivity contribution in [1.29, 1.82) is 0 Å². The summed E-state index contributed by atoms with van der Waals surface area (Å²) in [6, 6.07) is 5.66. The SMILES string of the molecule is CN(C)CCOc1ccc(OS(=O)(=O)F)cc1. The van der Waals surface area contributed by atoms with Gasteiger partial charge in [-0.3, -0.25) is 0 Å². The van der Waals surface area contributed by atoms with Gasteiger partial charge in [0.05, 0.1) is 0 Å². The monoisotopic (exact) mass is 263 g/mol. The first-order valence-corrected chi connectivity index (χ1v) is 6.19. The lowest BCUT2D eigenvalue weighted by atomic mass is 10.3. The summed E-state index contributed by atoms with van der Waals surface area (Å²) < 4.78 is 42.0. The molecule has 0 radical (unpaired) electrons. The molecule has 1 aromatic rings. The highest BCUT2D eigenvalue weighted by Gasteiger charge is 2.09. The Morgan fingerprint density at radius 1 is 1.18 bits per heavy atom. The Morgan fingerprint density at radius 2 is 1.71 bits per heavy atom. The Hall–Kier alpha value is -1.34. The van der Waals surface area contributed by atoms with E-state index in [1.54, 1.807) is 0 Å². The summed E-state index contributed by atoms with van der Waals surface area (Å²) in [5, 5.41) is 0. The fourth-order valence-electron chi connectivity index (χ4n) is 1.05. The van der Waals surface area contributed by atoms with Gasteiger partial charge in [0, 0.05) is 6.54 Å². The van der Waals surface area contributed by atoms with Crippen molar-refractivity contribution >= 4 is 10.5 Å². The maximum atomic E-state index is 12.2. The number of ether oxygens (including phenoxy) is 1. The molecular weight excluding hydrogens is 249 g/mol. The van der Waals surface area contributed by atoms with Gasteiger partial charge in [-0.2, -0.15) is 8.42 Å². The third-order valence-electron chi connectivity index (χ3n) is 1.83. The minimum atomic E-state index is -4.97. The average Bonchev–Trinajstić information content (AvgIpc) is 2.18. The highest BCUT2D eigenvalue weighted by Crippen LogP contribution is 2.19. The van der Waals surface area contributed by atoms with Crippen LogP contribution in [-0.2, 0) is 10.5 Å². The van der Waals surface area contributed by atoms with Crippen LogP contribution in [0.3, 0.4) is 0 Å². The third-order valence-corrected chi connectivity index (χ3v) is 2.22. The lowest BCUT2D eigenvalue weighted by molar-refractivity contribution is 0.261. The fraction of sp³-hybridized carbons (Fsp3) is 0.400. The van der Waals surface area contributed by atoms with Crippen molar-refractivity contribution in [2.24, 2.45) is 0 Å². The summed E-state index contributed by atoms with van der Waals surface area (Å²) in [7, 11) is -1.12. The van der Waals surface area contributed by atoms with E-state index in [9.17, 15) is 12.3 Å². The number of halogens is 1. The largest absolute Gasteiger partial charge is 0.492 e. The molecule has 0 atom stereocenters. The molecule has 0 fully saturated rings. The van der Waals surface area contributed by atoms with E-state index in [1.807, 2.05) is 19.0 Å². The van der Waals surface area contributed by atoms with E-state index in [1.165, 1.54) is 24.3 Å². The molecule has 0 spiro atoms. The number of nitrogens with zero attached hydrogens (tertiary/aromatic N) is 1. The number of rotatable bonds is 6. The molecule has 96 valence electrons.